The van der Waals surface area contributed by atoms with E-state index in [0.717, 1.165) is 4.31 Å². The highest BCUT2D eigenvalue weighted by Crippen LogP contribution is 2.34. The van der Waals surface area contributed by atoms with E-state index in [2.05, 4.69) is 20.0 Å². The molecule has 39 heavy (non-hydrogen) atoms. The van der Waals surface area contributed by atoms with Gasteiger partial charge in [0.25, 0.3) is 20.0 Å². The molecule has 0 aliphatic heterocycles. The summed E-state index contributed by atoms with van der Waals surface area (Å²) in [6.07, 6.45) is 2.79. The highest BCUT2D eigenvalue weighted by molar-refractivity contribution is 7.93. The van der Waals surface area contributed by atoms with Crippen molar-refractivity contribution in [1.29, 1.82) is 0 Å². The van der Waals surface area contributed by atoms with Crippen LogP contribution in [-0.2, 0) is 24.8 Å². The van der Waals surface area contributed by atoms with Gasteiger partial charge in [0.05, 0.1) is 22.6 Å². The van der Waals surface area contributed by atoms with Crippen LogP contribution in [0.15, 0.2) is 101 Å². The Morgan fingerprint density at radius 1 is 0.897 bits per heavy atom. The van der Waals surface area contributed by atoms with Gasteiger partial charge in [0.15, 0.2) is 0 Å². The molecular formula is C25H22ClN5O6S2. The van der Waals surface area contributed by atoms with Gasteiger partial charge < -0.3 is 10.1 Å². The smallest absolute Gasteiger partial charge is 0.264 e. The zero-order valence-corrected chi connectivity index (χ0v) is 22.7. The minimum atomic E-state index is -4.21. The van der Waals surface area contributed by atoms with Crippen LogP contribution in [0.2, 0.25) is 5.02 Å². The molecule has 1 amide bonds. The number of methoxy groups -OCH3 is 1. The van der Waals surface area contributed by atoms with Gasteiger partial charge in [-0.1, -0.05) is 29.8 Å². The van der Waals surface area contributed by atoms with Crippen LogP contribution in [0.5, 0.6) is 5.75 Å². The Morgan fingerprint density at radius 3 is 2.21 bits per heavy atom. The van der Waals surface area contributed by atoms with Crippen molar-refractivity contribution in [1.82, 2.24) is 9.97 Å². The summed E-state index contributed by atoms with van der Waals surface area (Å²) < 4.78 is 60.8. The van der Waals surface area contributed by atoms with Crippen molar-refractivity contribution in [2.75, 3.05) is 28.0 Å². The topological polar surface area (TPSA) is 148 Å². The maximum absolute atomic E-state index is 13.6. The van der Waals surface area contributed by atoms with E-state index in [1.165, 1.54) is 74.1 Å². The number of aromatic nitrogens is 2. The fourth-order valence-corrected chi connectivity index (χ4v) is 6.03. The zero-order valence-electron chi connectivity index (χ0n) is 20.4. The third kappa shape index (κ3) is 6.63. The van der Waals surface area contributed by atoms with Crippen LogP contribution in [0.25, 0.3) is 0 Å². The quantitative estimate of drug-likeness (QED) is 0.285. The molecule has 0 fully saturated rings. The summed E-state index contributed by atoms with van der Waals surface area (Å²) in [4.78, 5) is 20.6. The van der Waals surface area contributed by atoms with Crippen molar-refractivity contribution in [3.63, 3.8) is 0 Å². The molecule has 11 nitrogen and oxygen atoms in total. The molecule has 0 aliphatic rings. The van der Waals surface area contributed by atoms with Crippen molar-refractivity contribution >= 4 is 54.9 Å². The highest BCUT2D eigenvalue weighted by Gasteiger charge is 2.29. The molecule has 0 radical (unpaired) electrons. The first-order valence-corrected chi connectivity index (χ1v) is 14.5. The molecule has 1 heterocycles. The van der Waals surface area contributed by atoms with E-state index in [1.807, 2.05) is 0 Å². The number of nitrogens with zero attached hydrogens (tertiary/aromatic N) is 3. The van der Waals surface area contributed by atoms with Gasteiger partial charge in [-0.15, -0.1) is 0 Å². The molecule has 0 saturated heterocycles. The molecule has 2 N–H and O–H groups in total. The van der Waals surface area contributed by atoms with Crippen molar-refractivity contribution in [2.24, 2.45) is 0 Å². The summed E-state index contributed by atoms with van der Waals surface area (Å²) in [6.45, 7) is -0.624. The van der Waals surface area contributed by atoms with Crippen molar-refractivity contribution < 1.29 is 26.4 Å². The molecule has 3 aromatic carbocycles. The van der Waals surface area contributed by atoms with Crippen LogP contribution in [-0.4, -0.2) is 46.4 Å². The molecule has 0 unspecified atom stereocenters. The largest absolute Gasteiger partial charge is 0.495 e. The summed E-state index contributed by atoms with van der Waals surface area (Å²) >= 11 is 6.14. The maximum Gasteiger partial charge on any atom is 0.264 e. The van der Waals surface area contributed by atoms with Gasteiger partial charge in [-0.3, -0.25) is 9.10 Å². The Kier molecular flexibility index (Phi) is 8.33. The normalized spacial score (nSPS) is 11.4. The van der Waals surface area contributed by atoms with E-state index in [1.54, 1.807) is 24.3 Å². The SMILES string of the molecule is COc1ccc(Cl)cc1N(CC(=O)Nc1ccc(S(=O)(=O)Nc2ncccn2)cc1)S(=O)(=O)c1ccccc1. The summed E-state index contributed by atoms with van der Waals surface area (Å²) in [5.74, 6) is -0.592. The van der Waals surface area contributed by atoms with E-state index >= 15 is 0 Å². The number of hydrogen-bond donors (Lipinski definition) is 2. The Hall–Kier alpha value is -4.20. The van der Waals surface area contributed by atoms with Gasteiger partial charge in [-0.25, -0.2) is 31.5 Å². The van der Waals surface area contributed by atoms with Gasteiger partial charge >= 0.3 is 0 Å². The van der Waals surface area contributed by atoms with Crippen LogP contribution >= 0.6 is 11.6 Å². The van der Waals surface area contributed by atoms with Crippen LogP contribution < -0.4 is 19.1 Å². The van der Waals surface area contributed by atoms with E-state index in [4.69, 9.17) is 16.3 Å². The monoisotopic (exact) mass is 587 g/mol. The minimum Gasteiger partial charge on any atom is -0.495 e. The lowest BCUT2D eigenvalue weighted by Gasteiger charge is -2.26. The second-order valence-corrected chi connectivity index (χ2v) is 11.9. The second-order valence-electron chi connectivity index (χ2n) is 7.89. The molecule has 0 bridgehead atoms. The third-order valence-electron chi connectivity index (χ3n) is 5.27. The molecule has 0 saturated carbocycles. The number of amides is 1. The molecule has 202 valence electrons. The van der Waals surface area contributed by atoms with Gasteiger partial charge in [0.2, 0.25) is 11.9 Å². The lowest BCUT2D eigenvalue weighted by atomic mass is 10.3. The Bertz CT molecular complexity index is 1670. The van der Waals surface area contributed by atoms with Gasteiger partial charge in [-0.2, -0.15) is 0 Å². The summed E-state index contributed by atoms with van der Waals surface area (Å²) in [5.41, 5.74) is 0.310. The molecule has 4 aromatic rings. The van der Waals surface area contributed by atoms with Crippen LogP contribution in [0, 0.1) is 0 Å². The lowest BCUT2D eigenvalue weighted by Crippen LogP contribution is -2.38. The molecule has 14 heteroatoms. The number of carbonyl (C=O) groups is 1. The number of nitrogens with one attached hydrogen (secondary N) is 2. The van der Waals surface area contributed by atoms with Crippen LogP contribution in [0.3, 0.4) is 0 Å². The number of sulfonamides is 2. The maximum atomic E-state index is 13.6. The van der Waals surface area contributed by atoms with Gasteiger partial charge in [-0.05, 0) is 60.7 Å². The molecule has 0 atom stereocenters. The number of benzene rings is 3. The average molecular weight is 588 g/mol. The van der Waals surface area contributed by atoms with Crippen LogP contribution in [0.4, 0.5) is 17.3 Å². The Balaban J connectivity index is 1.58. The van der Waals surface area contributed by atoms with Gasteiger partial charge in [0, 0.05) is 23.1 Å². The zero-order chi connectivity index (χ0) is 28.0. The summed E-state index contributed by atoms with van der Waals surface area (Å²) in [5, 5.41) is 2.83. The number of ether oxygens (including phenoxy) is 1. The van der Waals surface area contributed by atoms with E-state index in [-0.39, 0.29) is 37.9 Å². The van der Waals surface area contributed by atoms with Crippen molar-refractivity contribution in [3.8, 4) is 5.75 Å². The second kappa shape index (κ2) is 11.7. The number of rotatable bonds is 10. The number of anilines is 3. The molecule has 0 spiro atoms. The minimum absolute atomic E-state index is 0.0377. The third-order valence-corrected chi connectivity index (χ3v) is 8.62. The molecular weight excluding hydrogens is 566 g/mol. The van der Waals surface area contributed by atoms with E-state index < -0.39 is 32.5 Å². The van der Waals surface area contributed by atoms with Crippen LogP contribution in [0.1, 0.15) is 0 Å². The number of carbonyl (C=O) groups excluding carboxylic acids is 1. The average Bonchev–Trinajstić information content (AvgIpc) is 2.93. The Morgan fingerprint density at radius 2 is 1.56 bits per heavy atom. The lowest BCUT2D eigenvalue weighted by molar-refractivity contribution is -0.114. The summed E-state index contributed by atoms with van der Waals surface area (Å²) in [7, 11) is -6.82. The van der Waals surface area contributed by atoms with E-state index in [0.29, 0.717) is 0 Å². The van der Waals surface area contributed by atoms with Crippen molar-refractivity contribution in [2.45, 2.75) is 9.79 Å². The number of hydrogen-bond acceptors (Lipinski definition) is 8. The van der Waals surface area contributed by atoms with E-state index in [9.17, 15) is 21.6 Å². The fraction of sp³-hybridized carbons (Fsp3) is 0.0800. The standard InChI is InChI=1S/C25H22ClN5O6S2/c1-37-23-13-8-18(26)16-22(23)31(39(35,36)21-6-3-2-4-7-21)17-24(32)29-19-9-11-20(12-10-19)38(33,34)30-25-27-14-5-15-28-25/h2-16H,17H2,1H3,(H,29,32)(H,27,28,30). The predicted octanol–water partition coefficient (Wildman–Crippen LogP) is 3.77. The fourth-order valence-electron chi connectivity index (χ4n) is 3.46. The first-order valence-electron chi connectivity index (χ1n) is 11.2. The number of halogens is 1. The van der Waals surface area contributed by atoms with Gasteiger partial charge in [0.1, 0.15) is 12.3 Å². The predicted molar refractivity (Wildman–Crippen MR) is 147 cm³/mol. The Labute approximate surface area is 230 Å². The molecule has 4 rings (SSSR count). The van der Waals surface area contributed by atoms with Crippen molar-refractivity contribution in [3.05, 3.63) is 96.3 Å². The molecule has 1 aromatic heterocycles. The first-order chi connectivity index (χ1) is 18.6. The summed E-state index contributed by atoms with van der Waals surface area (Å²) in [6, 6.07) is 18.9. The first kappa shape index (κ1) is 27.8. The highest BCUT2D eigenvalue weighted by atomic mass is 35.5. The molecule has 0 aliphatic carbocycles.